The van der Waals surface area contributed by atoms with Gasteiger partial charge in [-0.25, -0.2) is 0 Å². The quantitative estimate of drug-likeness (QED) is 0.558. The number of hydrogen-bond acceptors (Lipinski definition) is 3. The van der Waals surface area contributed by atoms with E-state index in [1.807, 2.05) is 31.2 Å². The molecule has 1 aromatic carbocycles. The van der Waals surface area contributed by atoms with Gasteiger partial charge in [0.1, 0.15) is 0 Å². The number of anilines is 1. The minimum absolute atomic E-state index is 0.103. The second-order valence-corrected chi connectivity index (χ2v) is 5.01. The van der Waals surface area contributed by atoms with Crippen molar-refractivity contribution in [3.63, 3.8) is 0 Å². The van der Waals surface area contributed by atoms with Crippen molar-refractivity contribution in [2.75, 3.05) is 18.1 Å². The van der Waals surface area contributed by atoms with Gasteiger partial charge in [0.2, 0.25) is 5.91 Å². The van der Waals surface area contributed by atoms with Crippen LogP contribution in [0.15, 0.2) is 24.3 Å². The summed E-state index contributed by atoms with van der Waals surface area (Å²) in [6.45, 7) is 2.97. The Kier molecular flexibility index (Phi) is 2.40. The predicted molar refractivity (Wildman–Crippen MR) is 66.2 cm³/mol. The Hall–Kier alpha value is -1.84. The molecule has 2 saturated heterocycles. The minimum Gasteiger partial charge on any atom is -0.465 e. The highest BCUT2D eigenvalue weighted by Gasteiger charge is 2.56. The van der Waals surface area contributed by atoms with E-state index in [-0.39, 0.29) is 11.9 Å². The third kappa shape index (κ3) is 1.45. The zero-order valence-corrected chi connectivity index (χ0v) is 10.3. The Balaban J connectivity index is 1.91. The fourth-order valence-electron chi connectivity index (χ4n) is 2.72. The Bertz CT molecular complexity index is 508. The number of benzene rings is 1. The highest BCUT2D eigenvalue weighted by molar-refractivity contribution is 6.12. The lowest BCUT2D eigenvalue weighted by molar-refractivity contribution is -0.149. The molecule has 4 nitrogen and oxygen atoms in total. The van der Waals surface area contributed by atoms with E-state index in [9.17, 15) is 9.59 Å². The number of aryl methyl sites for hydroxylation is 1. The summed E-state index contributed by atoms with van der Waals surface area (Å²) in [6, 6.07) is 7.79. The average molecular weight is 245 g/mol. The van der Waals surface area contributed by atoms with Crippen molar-refractivity contribution in [1.82, 2.24) is 0 Å². The van der Waals surface area contributed by atoms with Gasteiger partial charge in [-0.1, -0.05) is 17.7 Å². The molecule has 0 saturated carbocycles. The van der Waals surface area contributed by atoms with Gasteiger partial charge < -0.3 is 9.64 Å². The second kappa shape index (κ2) is 3.83. The summed E-state index contributed by atoms with van der Waals surface area (Å²) in [5.41, 5.74) is 1.12. The molecular formula is C14H15NO3. The van der Waals surface area contributed by atoms with E-state index in [0.717, 1.165) is 11.3 Å². The summed E-state index contributed by atoms with van der Waals surface area (Å²) in [4.78, 5) is 25.9. The normalized spacial score (nSPS) is 27.1. The standard InChI is InChI=1S/C14H15NO3/c1-10-2-4-11(5-3-10)15-8-6-14(12(15)16)7-9-18-13(14)17/h2-5H,6-9H2,1H3. The third-order valence-corrected chi connectivity index (χ3v) is 3.92. The molecule has 2 aliphatic heterocycles. The molecule has 0 aliphatic carbocycles. The largest absolute Gasteiger partial charge is 0.465 e. The van der Waals surface area contributed by atoms with E-state index in [2.05, 4.69) is 0 Å². The number of amides is 1. The number of carbonyl (C=O) groups excluding carboxylic acids is 2. The van der Waals surface area contributed by atoms with Gasteiger partial charge in [0.25, 0.3) is 0 Å². The van der Waals surface area contributed by atoms with Crippen LogP contribution in [0, 0.1) is 12.3 Å². The number of hydrogen-bond donors (Lipinski definition) is 0. The molecule has 4 heteroatoms. The van der Waals surface area contributed by atoms with Gasteiger partial charge in [-0.05, 0) is 25.5 Å². The number of nitrogens with zero attached hydrogens (tertiary/aromatic N) is 1. The highest BCUT2D eigenvalue weighted by atomic mass is 16.5. The van der Waals surface area contributed by atoms with E-state index >= 15 is 0 Å². The number of ether oxygens (including phenoxy) is 1. The number of cyclic esters (lactones) is 1. The van der Waals surface area contributed by atoms with Gasteiger partial charge >= 0.3 is 5.97 Å². The first kappa shape index (κ1) is 11.3. The lowest BCUT2D eigenvalue weighted by Gasteiger charge is -2.19. The molecule has 2 heterocycles. The van der Waals surface area contributed by atoms with E-state index < -0.39 is 5.41 Å². The summed E-state index contributed by atoms with van der Waals surface area (Å²) >= 11 is 0. The van der Waals surface area contributed by atoms with Gasteiger partial charge in [-0.15, -0.1) is 0 Å². The van der Waals surface area contributed by atoms with Crippen molar-refractivity contribution >= 4 is 17.6 Å². The molecule has 1 amide bonds. The molecule has 1 unspecified atom stereocenters. The molecule has 18 heavy (non-hydrogen) atoms. The van der Waals surface area contributed by atoms with Crippen molar-refractivity contribution in [1.29, 1.82) is 0 Å². The van der Waals surface area contributed by atoms with Gasteiger partial charge in [-0.3, -0.25) is 9.59 Å². The van der Waals surface area contributed by atoms with Crippen molar-refractivity contribution in [2.24, 2.45) is 5.41 Å². The summed E-state index contributed by atoms with van der Waals surface area (Å²) < 4.78 is 4.98. The maximum atomic E-state index is 12.5. The number of carbonyl (C=O) groups is 2. The molecule has 2 fully saturated rings. The SMILES string of the molecule is Cc1ccc(N2CCC3(CCOC3=O)C2=O)cc1. The lowest BCUT2D eigenvalue weighted by Crippen LogP contribution is -2.37. The second-order valence-electron chi connectivity index (χ2n) is 5.01. The Labute approximate surface area is 106 Å². The Morgan fingerprint density at radius 2 is 1.89 bits per heavy atom. The maximum Gasteiger partial charge on any atom is 0.321 e. The third-order valence-electron chi connectivity index (χ3n) is 3.92. The molecule has 1 aromatic rings. The molecule has 0 N–H and O–H groups in total. The van der Waals surface area contributed by atoms with Crippen molar-refractivity contribution in [3.8, 4) is 0 Å². The maximum absolute atomic E-state index is 12.5. The number of rotatable bonds is 1. The minimum atomic E-state index is -0.898. The first-order chi connectivity index (χ1) is 8.63. The van der Waals surface area contributed by atoms with Crippen LogP contribution in [0.25, 0.3) is 0 Å². The number of esters is 1. The highest BCUT2D eigenvalue weighted by Crippen LogP contribution is 2.42. The van der Waals surface area contributed by atoms with E-state index in [1.165, 1.54) is 0 Å². The summed E-state index contributed by atoms with van der Waals surface area (Å²) in [5.74, 6) is -0.448. The first-order valence-corrected chi connectivity index (χ1v) is 6.19. The molecular weight excluding hydrogens is 230 g/mol. The van der Waals surface area contributed by atoms with E-state index in [1.54, 1.807) is 4.90 Å². The molecule has 2 aliphatic rings. The van der Waals surface area contributed by atoms with Crippen molar-refractivity contribution in [2.45, 2.75) is 19.8 Å². The average Bonchev–Trinajstić information content (AvgIpc) is 2.89. The van der Waals surface area contributed by atoms with Gasteiger partial charge in [0.05, 0.1) is 6.61 Å². The Morgan fingerprint density at radius 1 is 1.17 bits per heavy atom. The predicted octanol–water partition coefficient (Wildman–Crippen LogP) is 1.67. The molecule has 0 aromatic heterocycles. The van der Waals surface area contributed by atoms with Crippen LogP contribution in [-0.2, 0) is 14.3 Å². The van der Waals surface area contributed by atoms with Gasteiger partial charge in [0, 0.05) is 18.7 Å². The first-order valence-electron chi connectivity index (χ1n) is 6.19. The van der Waals surface area contributed by atoms with Gasteiger partial charge in [0.15, 0.2) is 5.41 Å². The zero-order chi connectivity index (χ0) is 12.8. The van der Waals surface area contributed by atoms with Crippen LogP contribution in [0.2, 0.25) is 0 Å². The molecule has 94 valence electrons. The zero-order valence-electron chi connectivity index (χ0n) is 10.3. The van der Waals surface area contributed by atoms with Crippen LogP contribution in [0.3, 0.4) is 0 Å². The Morgan fingerprint density at radius 3 is 2.50 bits per heavy atom. The van der Waals surface area contributed by atoms with E-state index in [0.29, 0.717) is 26.0 Å². The van der Waals surface area contributed by atoms with Crippen LogP contribution in [0.4, 0.5) is 5.69 Å². The smallest absolute Gasteiger partial charge is 0.321 e. The van der Waals surface area contributed by atoms with Crippen LogP contribution in [0.1, 0.15) is 18.4 Å². The molecule has 0 bridgehead atoms. The molecule has 1 spiro atoms. The molecule has 0 radical (unpaired) electrons. The fraction of sp³-hybridized carbons (Fsp3) is 0.429. The molecule has 3 rings (SSSR count). The van der Waals surface area contributed by atoms with Gasteiger partial charge in [-0.2, -0.15) is 0 Å². The van der Waals surface area contributed by atoms with Crippen molar-refractivity contribution in [3.05, 3.63) is 29.8 Å². The lowest BCUT2D eigenvalue weighted by atomic mass is 9.85. The summed E-state index contributed by atoms with van der Waals surface area (Å²) in [6.07, 6.45) is 1.09. The monoisotopic (exact) mass is 245 g/mol. The van der Waals surface area contributed by atoms with E-state index in [4.69, 9.17) is 4.74 Å². The fourth-order valence-corrected chi connectivity index (χ4v) is 2.72. The van der Waals surface area contributed by atoms with Crippen LogP contribution < -0.4 is 4.90 Å². The van der Waals surface area contributed by atoms with Crippen LogP contribution in [-0.4, -0.2) is 25.0 Å². The van der Waals surface area contributed by atoms with Crippen LogP contribution in [0.5, 0.6) is 0 Å². The van der Waals surface area contributed by atoms with Crippen LogP contribution >= 0.6 is 0 Å². The summed E-state index contributed by atoms with van der Waals surface area (Å²) in [5, 5.41) is 0. The van der Waals surface area contributed by atoms with Crippen molar-refractivity contribution < 1.29 is 14.3 Å². The molecule has 1 atom stereocenters. The summed E-state index contributed by atoms with van der Waals surface area (Å²) in [7, 11) is 0. The topological polar surface area (TPSA) is 46.6 Å².